The van der Waals surface area contributed by atoms with Crippen LogP contribution in [0.2, 0.25) is 23.3 Å². The maximum absolute atomic E-state index is 13.2. The van der Waals surface area contributed by atoms with Crippen LogP contribution in [0, 0.1) is 6.92 Å². The van der Waals surface area contributed by atoms with Crippen LogP contribution in [0.5, 0.6) is 0 Å². The second-order valence-electron chi connectivity index (χ2n) is 15.6. The molecule has 0 saturated heterocycles. The molecule has 3 heterocycles. The number of alkyl carbamates (subject to hydrolysis) is 1. The number of pyridine rings is 2. The van der Waals surface area contributed by atoms with Gasteiger partial charge in [-0.05, 0) is 100 Å². The van der Waals surface area contributed by atoms with E-state index < -0.39 is 26.1 Å². The van der Waals surface area contributed by atoms with Crippen LogP contribution in [0.3, 0.4) is 0 Å². The number of aryl methyl sites for hydroxylation is 2. The van der Waals surface area contributed by atoms with Crippen molar-refractivity contribution in [2.45, 2.75) is 117 Å². The second kappa shape index (κ2) is 16.0. The van der Waals surface area contributed by atoms with Crippen LogP contribution >= 0.6 is 11.6 Å². The summed E-state index contributed by atoms with van der Waals surface area (Å²) < 4.78 is 14.6. The topological polar surface area (TPSA) is 111 Å². The monoisotopic (exact) mass is 720 g/mol. The first-order valence-corrected chi connectivity index (χ1v) is 20.5. The van der Waals surface area contributed by atoms with Crippen LogP contribution in [0.15, 0.2) is 60.9 Å². The summed E-state index contributed by atoms with van der Waals surface area (Å²) in [6.07, 6.45) is 6.02. The van der Waals surface area contributed by atoms with Crippen molar-refractivity contribution in [1.82, 2.24) is 29.8 Å². The number of benzene rings is 1. The lowest BCUT2D eigenvalue weighted by Crippen LogP contribution is -2.48. The van der Waals surface area contributed by atoms with Crippen LogP contribution in [-0.4, -0.2) is 63.5 Å². The van der Waals surface area contributed by atoms with Gasteiger partial charge in [-0.15, -0.1) is 10.2 Å². The summed E-state index contributed by atoms with van der Waals surface area (Å²) in [5.74, 6) is 0.761. The molecule has 0 spiro atoms. The lowest BCUT2D eigenvalue weighted by atomic mass is 9.97. The molecule has 2 amide bonds. The fraction of sp³-hybridized carbons (Fsp3) is 0.500. The molecule has 2 unspecified atom stereocenters. The Hall–Kier alpha value is -3.80. The van der Waals surface area contributed by atoms with Crippen molar-refractivity contribution >= 4 is 37.6 Å². The molecule has 10 nitrogen and oxygen atoms in total. The normalized spacial score (nSPS) is 13.6. The van der Waals surface area contributed by atoms with Crippen molar-refractivity contribution in [2.24, 2.45) is 0 Å². The van der Waals surface area contributed by atoms with E-state index in [1.54, 1.807) is 17.2 Å². The number of nitrogens with zero attached hydrogens (tertiary/aromatic N) is 5. The van der Waals surface area contributed by atoms with E-state index >= 15 is 0 Å². The van der Waals surface area contributed by atoms with Gasteiger partial charge in [0.1, 0.15) is 16.6 Å². The van der Waals surface area contributed by atoms with E-state index in [0.29, 0.717) is 23.7 Å². The Labute approximate surface area is 303 Å². The molecule has 0 fully saturated rings. The van der Waals surface area contributed by atoms with Crippen LogP contribution in [0.1, 0.15) is 99.8 Å². The highest BCUT2D eigenvalue weighted by molar-refractivity contribution is 6.74. The number of hydrogen-bond acceptors (Lipinski definition) is 7. The largest absolute Gasteiger partial charge is 0.444 e. The van der Waals surface area contributed by atoms with Crippen molar-refractivity contribution < 1.29 is 18.8 Å². The highest BCUT2D eigenvalue weighted by atomic mass is 35.5. The van der Waals surface area contributed by atoms with Gasteiger partial charge in [-0.25, -0.2) is 9.78 Å². The minimum atomic E-state index is -2.27. The van der Waals surface area contributed by atoms with Crippen LogP contribution in [0.4, 0.5) is 4.79 Å². The molecule has 3 aromatic heterocycles. The van der Waals surface area contributed by atoms with Crippen molar-refractivity contribution in [3.63, 3.8) is 0 Å². The fourth-order valence-electron chi connectivity index (χ4n) is 5.41. The zero-order chi connectivity index (χ0) is 36.9. The van der Waals surface area contributed by atoms with E-state index in [9.17, 15) is 9.59 Å². The number of fused-ring (bicyclic) bond motifs is 1. The summed E-state index contributed by atoms with van der Waals surface area (Å²) in [5, 5.41) is 11.7. The Balaban J connectivity index is 1.42. The van der Waals surface area contributed by atoms with Gasteiger partial charge in [0.05, 0.1) is 12.1 Å². The standard InChI is InChI=1S/C38H53ClN6O4Si/c1-26-42-43-33-22-17-28(25-45(26)33)24-44(8)35(46)29-18-15-27(16-19-29)13-11-12-14-31(41-36(47)48-37(2,3)4)34(30-20-21-32(39)40-23-30)49-50(9,10)38(5,6)7/h15-23,25,31,34H,11-14,24H2,1-10H3,(H,41,47). The Morgan fingerprint density at radius 2 is 1.64 bits per heavy atom. The van der Waals surface area contributed by atoms with Gasteiger partial charge in [0.15, 0.2) is 14.0 Å². The third kappa shape index (κ3) is 10.6. The van der Waals surface area contributed by atoms with Crippen molar-refractivity contribution in [3.05, 3.63) is 94.2 Å². The van der Waals surface area contributed by atoms with Gasteiger partial charge in [0.2, 0.25) is 0 Å². The molecular formula is C38H53ClN6O4Si. The van der Waals surface area contributed by atoms with Crippen LogP contribution in [-0.2, 0) is 22.1 Å². The van der Waals surface area contributed by atoms with Gasteiger partial charge in [-0.1, -0.05) is 63.1 Å². The number of carbonyl (C=O) groups excluding carboxylic acids is 2. The van der Waals surface area contributed by atoms with Gasteiger partial charge in [0, 0.05) is 37.1 Å². The maximum Gasteiger partial charge on any atom is 0.407 e. The van der Waals surface area contributed by atoms with Crippen LogP contribution < -0.4 is 5.32 Å². The molecule has 1 aromatic carbocycles. The molecule has 0 saturated carbocycles. The number of halogens is 1. The van der Waals surface area contributed by atoms with Gasteiger partial charge >= 0.3 is 6.09 Å². The molecule has 0 aliphatic carbocycles. The summed E-state index contributed by atoms with van der Waals surface area (Å²) in [6, 6.07) is 15.0. The third-order valence-corrected chi connectivity index (χ3v) is 13.9. The molecule has 1 N–H and O–H groups in total. The quantitative estimate of drug-likeness (QED) is 0.0836. The summed E-state index contributed by atoms with van der Waals surface area (Å²) in [4.78, 5) is 32.4. The van der Waals surface area contributed by atoms with Crippen molar-refractivity contribution in [1.29, 1.82) is 0 Å². The van der Waals surface area contributed by atoms with E-state index in [1.807, 2.05) is 87.8 Å². The first-order chi connectivity index (χ1) is 23.3. The van der Waals surface area contributed by atoms with Crippen molar-refractivity contribution in [3.8, 4) is 0 Å². The molecule has 50 heavy (non-hydrogen) atoms. The molecule has 2 atom stereocenters. The molecular weight excluding hydrogens is 668 g/mol. The average Bonchev–Trinajstić information content (AvgIpc) is 3.40. The molecule has 0 aliphatic rings. The maximum atomic E-state index is 13.2. The first-order valence-electron chi connectivity index (χ1n) is 17.3. The highest BCUT2D eigenvalue weighted by Gasteiger charge is 2.42. The minimum Gasteiger partial charge on any atom is -0.444 e. The highest BCUT2D eigenvalue weighted by Crippen LogP contribution is 2.41. The predicted molar refractivity (Wildman–Crippen MR) is 201 cm³/mol. The number of ether oxygens (including phenoxy) is 1. The molecule has 0 aliphatic heterocycles. The smallest absolute Gasteiger partial charge is 0.407 e. The zero-order valence-corrected chi connectivity index (χ0v) is 33.0. The predicted octanol–water partition coefficient (Wildman–Crippen LogP) is 8.73. The molecule has 4 aromatic rings. The summed E-state index contributed by atoms with van der Waals surface area (Å²) in [5.41, 5.74) is 3.78. The number of rotatable bonds is 13. The molecule has 4 rings (SSSR count). The zero-order valence-electron chi connectivity index (χ0n) is 31.2. The third-order valence-electron chi connectivity index (χ3n) is 9.21. The van der Waals surface area contributed by atoms with Crippen LogP contribution in [0.25, 0.3) is 5.65 Å². The fourth-order valence-corrected chi connectivity index (χ4v) is 6.81. The van der Waals surface area contributed by atoms with Crippen molar-refractivity contribution in [2.75, 3.05) is 7.05 Å². The first kappa shape index (κ1) is 39.0. The number of nitrogens with one attached hydrogen (secondary N) is 1. The van der Waals surface area contributed by atoms with Gasteiger partial charge < -0.3 is 19.4 Å². The Kier molecular flexibility index (Phi) is 12.5. The molecule has 270 valence electrons. The summed E-state index contributed by atoms with van der Waals surface area (Å²) in [7, 11) is -0.462. The molecule has 0 bridgehead atoms. The number of hydrogen-bond donors (Lipinski definition) is 1. The lowest BCUT2D eigenvalue weighted by Gasteiger charge is -2.41. The minimum absolute atomic E-state index is 0.0438. The Morgan fingerprint density at radius 3 is 2.26 bits per heavy atom. The van der Waals surface area contributed by atoms with E-state index in [4.69, 9.17) is 20.8 Å². The lowest BCUT2D eigenvalue weighted by molar-refractivity contribution is 0.0423. The molecule has 0 radical (unpaired) electrons. The number of aromatic nitrogens is 4. The number of amides is 2. The Morgan fingerprint density at radius 1 is 0.960 bits per heavy atom. The van der Waals surface area contributed by atoms with Gasteiger partial charge in [0.25, 0.3) is 5.91 Å². The van der Waals surface area contributed by atoms with Gasteiger partial charge in [-0.3, -0.25) is 9.20 Å². The second-order valence-corrected chi connectivity index (χ2v) is 20.7. The Bertz CT molecular complexity index is 1750. The molecule has 12 heteroatoms. The average molecular weight is 721 g/mol. The number of carbonyl (C=O) groups is 2. The summed E-state index contributed by atoms with van der Waals surface area (Å²) in [6.45, 7) is 18.9. The van der Waals surface area contributed by atoms with E-state index in [2.05, 4.69) is 54.4 Å². The van der Waals surface area contributed by atoms with E-state index in [1.165, 1.54) is 0 Å². The van der Waals surface area contributed by atoms with Gasteiger partial charge in [-0.2, -0.15) is 0 Å². The van der Waals surface area contributed by atoms with E-state index in [0.717, 1.165) is 47.4 Å². The summed E-state index contributed by atoms with van der Waals surface area (Å²) >= 11 is 6.15. The van der Waals surface area contributed by atoms with E-state index in [-0.39, 0.29) is 17.0 Å². The number of unbranched alkanes of at least 4 members (excludes halogenated alkanes) is 1. The SMILES string of the molecule is Cc1nnc2ccc(CN(C)C(=O)c3ccc(CCCCC(NC(=O)OC(C)(C)C)C(O[Si](C)(C)C(C)(C)C)c4ccc(Cl)nc4)cc3)cn12.